The number of nitrogen functional groups attached to an aromatic ring is 1. The molecule has 8 heteroatoms. The van der Waals surface area contributed by atoms with E-state index in [1.54, 1.807) is 12.1 Å². The highest BCUT2D eigenvalue weighted by Gasteiger charge is 2.25. The van der Waals surface area contributed by atoms with Gasteiger partial charge in [-0.2, -0.15) is 13.2 Å². The first-order chi connectivity index (χ1) is 9.85. The molecular formula is C13H16F3N3O2. The van der Waals surface area contributed by atoms with E-state index in [-0.39, 0.29) is 18.9 Å². The number of rotatable bonds is 5. The molecule has 0 radical (unpaired) electrons. The van der Waals surface area contributed by atoms with Crippen molar-refractivity contribution in [1.29, 1.82) is 0 Å². The summed E-state index contributed by atoms with van der Waals surface area (Å²) in [7, 11) is 0. The Balaban J connectivity index is 1.89. The summed E-state index contributed by atoms with van der Waals surface area (Å²) in [5.41, 5.74) is 7.31. The van der Waals surface area contributed by atoms with Crippen LogP contribution < -0.4 is 21.1 Å². The normalized spacial score (nSPS) is 14.1. The first-order valence-electron chi connectivity index (χ1n) is 6.52. The second kappa shape index (κ2) is 6.11. The second-order valence-corrected chi connectivity index (χ2v) is 4.77. The van der Waals surface area contributed by atoms with Gasteiger partial charge in [-0.25, -0.2) is 0 Å². The van der Waals surface area contributed by atoms with Crippen LogP contribution in [0.5, 0.6) is 5.75 Å². The number of fused-ring (bicyclic) bond motifs is 1. The smallest absolute Gasteiger partial charge is 0.389 e. The summed E-state index contributed by atoms with van der Waals surface area (Å²) in [6.45, 7) is 0.310. The van der Waals surface area contributed by atoms with E-state index in [2.05, 4.69) is 10.6 Å². The SMILES string of the molecule is Nc1cc2c(cc1NCCCCC(F)(F)F)NC(=O)CO2. The summed E-state index contributed by atoms with van der Waals surface area (Å²) >= 11 is 0. The summed E-state index contributed by atoms with van der Waals surface area (Å²) in [5, 5.41) is 5.61. The number of hydrogen-bond donors (Lipinski definition) is 3. The average molecular weight is 303 g/mol. The lowest BCUT2D eigenvalue weighted by Crippen LogP contribution is -2.25. The van der Waals surface area contributed by atoms with Crippen LogP contribution in [0.3, 0.4) is 0 Å². The maximum Gasteiger partial charge on any atom is 0.389 e. The molecule has 0 aromatic heterocycles. The summed E-state index contributed by atoms with van der Waals surface area (Å²) < 4.78 is 41.2. The third kappa shape index (κ3) is 4.44. The molecule has 0 atom stereocenters. The molecule has 0 spiro atoms. The van der Waals surface area contributed by atoms with Gasteiger partial charge in [-0.3, -0.25) is 4.79 Å². The van der Waals surface area contributed by atoms with Gasteiger partial charge in [0.15, 0.2) is 6.61 Å². The number of nitrogens with two attached hydrogens (primary N) is 1. The van der Waals surface area contributed by atoms with Crippen molar-refractivity contribution < 1.29 is 22.7 Å². The molecule has 5 nitrogen and oxygen atoms in total. The summed E-state index contributed by atoms with van der Waals surface area (Å²) in [4.78, 5) is 11.2. The first-order valence-corrected chi connectivity index (χ1v) is 6.52. The first kappa shape index (κ1) is 15.3. The van der Waals surface area contributed by atoms with Gasteiger partial charge in [0.05, 0.1) is 17.1 Å². The minimum atomic E-state index is -4.12. The van der Waals surface area contributed by atoms with Crippen LogP contribution in [0.2, 0.25) is 0 Å². The van der Waals surface area contributed by atoms with Gasteiger partial charge in [0.25, 0.3) is 5.91 Å². The van der Waals surface area contributed by atoms with Crippen LogP contribution in [-0.4, -0.2) is 25.2 Å². The molecule has 2 rings (SSSR count). The maximum absolute atomic E-state index is 12.0. The molecule has 0 saturated heterocycles. The molecule has 1 heterocycles. The third-order valence-electron chi connectivity index (χ3n) is 2.99. The van der Waals surface area contributed by atoms with Gasteiger partial charge in [0.2, 0.25) is 0 Å². The molecule has 0 bridgehead atoms. The Morgan fingerprint density at radius 1 is 1.33 bits per heavy atom. The van der Waals surface area contributed by atoms with Crippen molar-refractivity contribution in [2.75, 3.05) is 29.5 Å². The molecule has 4 N–H and O–H groups in total. The van der Waals surface area contributed by atoms with E-state index in [1.807, 2.05) is 0 Å². The fourth-order valence-electron chi connectivity index (χ4n) is 1.97. The van der Waals surface area contributed by atoms with Crippen LogP contribution >= 0.6 is 0 Å². The minimum Gasteiger partial charge on any atom is -0.482 e. The second-order valence-electron chi connectivity index (χ2n) is 4.77. The van der Waals surface area contributed by atoms with E-state index in [9.17, 15) is 18.0 Å². The lowest BCUT2D eigenvalue weighted by molar-refractivity contribution is -0.135. The number of benzene rings is 1. The van der Waals surface area contributed by atoms with E-state index in [0.29, 0.717) is 35.8 Å². The zero-order valence-corrected chi connectivity index (χ0v) is 11.2. The Kier molecular flexibility index (Phi) is 4.44. The quantitative estimate of drug-likeness (QED) is 0.577. The van der Waals surface area contributed by atoms with Crippen molar-refractivity contribution in [3.63, 3.8) is 0 Å². The van der Waals surface area contributed by atoms with Gasteiger partial charge in [0.1, 0.15) is 5.75 Å². The number of halogens is 3. The van der Waals surface area contributed by atoms with Crippen molar-refractivity contribution >= 4 is 23.0 Å². The van der Waals surface area contributed by atoms with Crippen LogP contribution in [0.1, 0.15) is 19.3 Å². The number of amides is 1. The Morgan fingerprint density at radius 3 is 2.81 bits per heavy atom. The van der Waals surface area contributed by atoms with E-state index in [4.69, 9.17) is 10.5 Å². The van der Waals surface area contributed by atoms with Gasteiger partial charge in [-0.15, -0.1) is 0 Å². The van der Waals surface area contributed by atoms with Crippen LogP contribution in [0, 0.1) is 0 Å². The van der Waals surface area contributed by atoms with E-state index in [1.165, 1.54) is 0 Å². The van der Waals surface area contributed by atoms with Crippen molar-refractivity contribution in [3.05, 3.63) is 12.1 Å². The molecule has 116 valence electrons. The Morgan fingerprint density at radius 2 is 2.10 bits per heavy atom. The standard InChI is InChI=1S/C13H16F3N3O2/c14-13(15,16)3-1-2-4-18-9-6-10-11(5-8(9)17)21-7-12(20)19-10/h5-6,18H,1-4,7,17H2,(H,19,20). The highest BCUT2D eigenvalue weighted by atomic mass is 19.4. The number of unbranched alkanes of at least 4 members (excludes halogenated alkanes) is 1. The fraction of sp³-hybridized carbons (Fsp3) is 0.462. The van der Waals surface area contributed by atoms with Crippen LogP contribution in [0.25, 0.3) is 0 Å². The molecule has 1 aliphatic heterocycles. The largest absolute Gasteiger partial charge is 0.482 e. The molecule has 21 heavy (non-hydrogen) atoms. The summed E-state index contributed by atoms with van der Waals surface area (Å²) in [5.74, 6) is 0.220. The lowest BCUT2D eigenvalue weighted by Gasteiger charge is -2.20. The average Bonchev–Trinajstić information content (AvgIpc) is 2.38. The number of ether oxygens (including phenoxy) is 1. The van der Waals surface area contributed by atoms with Crippen molar-refractivity contribution in [1.82, 2.24) is 0 Å². The third-order valence-corrected chi connectivity index (χ3v) is 2.99. The molecule has 1 aromatic rings. The van der Waals surface area contributed by atoms with Gasteiger partial charge in [-0.05, 0) is 18.9 Å². The molecule has 0 saturated carbocycles. The van der Waals surface area contributed by atoms with Crippen molar-refractivity contribution in [3.8, 4) is 5.75 Å². The topological polar surface area (TPSA) is 76.4 Å². The molecule has 1 amide bonds. The fourth-order valence-corrected chi connectivity index (χ4v) is 1.97. The Hall–Kier alpha value is -2.12. The number of anilines is 3. The predicted octanol–water partition coefficient (Wildman–Crippen LogP) is 2.74. The zero-order chi connectivity index (χ0) is 15.5. The Bertz CT molecular complexity index is 532. The zero-order valence-electron chi connectivity index (χ0n) is 11.2. The highest BCUT2D eigenvalue weighted by Crippen LogP contribution is 2.35. The van der Waals surface area contributed by atoms with Crippen LogP contribution in [0.4, 0.5) is 30.2 Å². The van der Waals surface area contributed by atoms with Gasteiger partial charge >= 0.3 is 6.18 Å². The number of alkyl halides is 3. The number of carbonyl (C=O) groups excluding carboxylic acids is 1. The molecule has 1 aliphatic rings. The lowest BCUT2D eigenvalue weighted by atomic mass is 10.2. The van der Waals surface area contributed by atoms with E-state index in [0.717, 1.165) is 0 Å². The van der Waals surface area contributed by atoms with Crippen molar-refractivity contribution in [2.45, 2.75) is 25.4 Å². The maximum atomic E-state index is 12.0. The number of carbonyl (C=O) groups is 1. The number of hydrogen-bond acceptors (Lipinski definition) is 4. The van der Waals surface area contributed by atoms with Gasteiger partial charge in [-0.1, -0.05) is 0 Å². The Labute approximate surface area is 119 Å². The minimum absolute atomic E-state index is 0.0567. The van der Waals surface area contributed by atoms with E-state index < -0.39 is 12.6 Å². The van der Waals surface area contributed by atoms with Crippen LogP contribution in [0.15, 0.2) is 12.1 Å². The predicted molar refractivity (Wildman–Crippen MR) is 73.4 cm³/mol. The van der Waals surface area contributed by atoms with Gasteiger partial charge in [0, 0.05) is 19.0 Å². The van der Waals surface area contributed by atoms with E-state index >= 15 is 0 Å². The molecule has 0 fully saturated rings. The summed E-state index contributed by atoms with van der Waals surface area (Å²) in [6.07, 6.45) is -4.48. The molecular weight excluding hydrogens is 287 g/mol. The molecule has 1 aromatic carbocycles. The van der Waals surface area contributed by atoms with Crippen molar-refractivity contribution in [2.24, 2.45) is 0 Å². The van der Waals surface area contributed by atoms with Gasteiger partial charge < -0.3 is 21.1 Å². The number of nitrogens with one attached hydrogen (secondary N) is 2. The van der Waals surface area contributed by atoms with Crippen LogP contribution in [-0.2, 0) is 4.79 Å². The summed E-state index contributed by atoms with van der Waals surface area (Å²) in [6, 6.07) is 3.19. The monoisotopic (exact) mass is 303 g/mol. The highest BCUT2D eigenvalue weighted by molar-refractivity contribution is 5.97. The molecule has 0 aliphatic carbocycles. The molecule has 0 unspecified atom stereocenters.